The second-order valence-corrected chi connectivity index (χ2v) is 21.3. The van der Waals surface area contributed by atoms with Gasteiger partial charge in [-0.15, -0.1) is 0 Å². The Morgan fingerprint density at radius 3 is 1.32 bits per heavy atom. The van der Waals surface area contributed by atoms with Crippen LogP contribution in [0.2, 0.25) is 0 Å². The summed E-state index contributed by atoms with van der Waals surface area (Å²) in [5.74, 6) is -0.476. The van der Waals surface area contributed by atoms with Crippen molar-refractivity contribution < 1.29 is 8.78 Å². The van der Waals surface area contributed by atoms with Crippen molar-refractivity contribution in [1.82, 2.24) is 0 Å². The first-order valence-electron chi connectivity index (χ1n) is 25.2. The predicted molar refractivity (Wildman–Crippen MR) is 301 cm³/mol. The maximum atomic E-state index is 14.2. The van der Waals surface area contributed by atoms with Crippen LogP contribution in [0.3, 0.4) is 0 Å². The number of rotatable bonds is 10. The van der Waals surface area contributed by atoms with E-state index in [1.165, 1.54) is 84.5 Å². The van der Waals surface area contributed by atoms with Gasteiger partial charge in [-0.1, -0.05) is 154 Å². The van der Waals surface area contributed by atoms with Crippen LogP contribution in [0.5, 0.6) is 0 Å². The molecule has 8 aromatic rings. The summed E-state index contributed by atoms with van der Waals surface area (Å²) in [6.45, 7) is 17.9. The summed E-state index contributed by atoms with van der Waals surface area (Å²) in [5, 5.41) is 0. The molecule has 0 heterocycles. The molecule has 3 aliphatic carbocycles. The third-order valence-electron chi connectivity index (χ3n) is 15.2. The molecule has 0 saturated heterocycles. The summed E-state index contributed by atoms with van der Waals surface area (Å²) in [6.07, 6.45) is 14.3. The number of anilines is 5. The number of hydrogen-bond acceptors (Lipinski definition) is 2. The summed E-state index contributed by atoms with van der Waals surface area (Å²) in [5.41, 5.74) is 24.5. The Kier molecular flexibility index (Phi) is 11.7. The molecule has 2 nitrogen and oxygen atoms in total. The maximum absolute atomic E-state index is 14.2. The van der Waals surface area contributed by atoms with E-state index in [4.69, 9.17) is 0 Å². The van der Waals surface area contributed by atoms with Crippen molar-refractivity contribution in [3.05, 3.63) is 254 Å². The molecule has 0 spiro atoms. The largest absolute Gasteiger partial charge is 0.334 e. The molecule has 0 aromatic heterocycles. The smallest absolute Gasteiger partial charge is 0.123 e. The van der Waals surface area contributed by atoms with Gasteiger partial charge in [-0.25, -0.2) is 8.78 Å². The van der Waals surface area contributed by atoms with E-state index in [1.807, 2.05) is 24.3 Å². The van der Waals surface area contributed by atoms with Crippen molar-refractivity contribution in [1.29, 1.82) is 0 Å². The molecule has 356 valence electrons. The van der Waals surface area contributed by atoms with Crippen molar-refractivity contribution in [2.45, 2.75) is 78.7 Å². The lowest BCUT2D eigenvalue weighted by Gasteiger charge is -2.35. The van der Waals surface area contributed by atoms with E-state index in [0.29, 0.717) is 0 Å². The van der Waals surface area contributed by atoms with Gasteiger partial charge in [0.15, 0.2) is 0 Å². The molecule has 8 aromatic carbocycles. The van der Waals surface area contributed by atoms with Crippen molar-refractivity contribution in [2.75, 3.05) is 9.80 Å². The fraction of sp³-hybridized carbons (Fsp3) is 0.176. The normalized spacial score (nSPS) is 16.0. The maximum Gasteiger partial charge on any atom is 0.123 e. The first-order chi connectivity index (χ1) is 34.6. The van der Waals surface area contributed by atoms with Gasteiger partial charge in [0.1, 0.15) is 11.6 Å². The Bertz CT molecular complexity index is 3530. The summed E-state index contributed by atoms with van der Waals surface area (Å²) >= 11 is 0. The third kappa shape index (κ3) is 8.63. The number of halogens is 2. The summed E-state index contributed by atoms with van der Waals surface area (Å²) < 4.78 is 28.3. The van der Waals surface area contributed by atoms with Gasteiger partial charge in [-0.05, 0) is 197 Å². The average molecular weight is 943 g/mol. The van der Waals surface area contributed by atoms with Gasteiger partial charge in [0.05, 0.1) is 6.04 Å². The van der Waals surface area contributed by atoms with Crippen molar-refractivity contribution >= 4 is 52.7 Å². The summed E-state index contributed by atoms with van der Waals surface area (Å²) in [6, 6.07) is 56.5. The molecular weight excluding hydrogens is 883 g/mol. The van der Waals surface area contributed by atoms with E-state index < -0.39 is 0 Å². The molecular formula is C68H60F2N2. The minimum Gasteiger partial charge on any atom is -0.334 e. The van der Waals surface area contributed by atoms with Crippen molar-refractivity contribution in [3.63, 3.8) is 0 Å². The van der Waals surface area contributed by atoms with E-state index in [9.17, 15) is 8.78 Å². The van der Waals surface area contributed by atoms with Crippen LogP contribution < -0.4 is 9.80 Å². The van der Waals surface area contributed by atoms with Gasteiger partial charge in [0.2, 0.25) is 0 Å². The molecule has 0 radical (unpaired) electrons. The Hall–Kier alpha value is -7.82. The molecule has 0 N–H and O–H groups in total. The minimum absolute atomic E-state index is 0.129. The predicted octanol–water partition coefficient (Wildman–Crippen LogP) is 18.8. The highest BCUT2D eigenvalue weighted by molar-refractivity contribution is 5.88. The molecule has 3 aliphatic rings. The highest BCUT2D eigenvalue weighted by atomic mass is 19.1. The monoisotopic (exact) mass is 942 g/mol. The van der Waals surface area contributed by atoms with E-state index in [-0.39, 0.29) is 28.5 Å². The van der Waals surface area contributed by atoms with E-state index in [0.717, 1.165) is 51.5 Å². The van der Waals surface area contributed by atoms with Crippen LogP contribution in [0.25, 0.3) is 46.6 Å². The van der Waals surface area contributed by atoms with Gasteiger partial charge in [-0.2, -0.15) is 0 Å². The Balaban J connectivity index is 0.798. The zero-order chi connectivity index (χ0) is 50.1. The number of nitrogens with zero attached hydrogens (tertiary/aromatic N) is 2. The molecule has 0 fully saturated rings. The Morgan fingerprint density at radius 1 is 0.417 bits per heavy atom. The van der Waals surface area contributed by atoms with Crippen molar-refractivity contribution in [3.8, 4) is 22.3 Å². The van der Waals surface area contributed by atoms with Gasteiger partial charge in [0, 0.05) is 39.3 Å². The molecule has 0 amide bonds. The number of hydrogen-bond donors (Lipinski definition) is 0. The van der Waals surface area contributed by atoms with Crippen LogP contribution >= 0.6 is 0 Å². The van der Waals surface area contributed by atoms with E-state index >= 15 is 0 Å². The highest BCUT2D eigenvalue weighted by Gasteiger charge is 2.38. The third-order valence-corrected chi connectivity index (χ3v) is 15.2. The molecule has 4 heteroatoms. The lowest BCUT2D eigenvalue weighted by atomic mass is 9.81. The van der Waals surface area contributed by atoms with Crippen LogP contribution in [0, 0.1) is 25.5 Å². The van der Waals surface area contributed by atoms with Crippen LogP contribution in [0.4, 0.5) is 37.2 Å². The number of benzene rings is 8. The van der Waals surface area contributed by atoms with Crippen LogP contribution in [-0.2, 0) is 10.8 Å². The second kappa shape index (κ2) is 18.1. The molecule has 1 atom stereocenters. The Labute approximate surface area is 424 Å². The standard InChI is InChI=1S/C68H60F2N2/c1-43-33-44(2)36-57(35-43)71(53-23-19-51(69)20-24-53)55-27-31-61-59-29-17-49(39-63(59)67(5,6)65(61)41-55)15-13-47-9-11-48(12-10-47)14-16-50-18-30-60-62-32-28-56(42-66(62)68(7,8)64(60)40-50)72(54-25-21-52(70)22-26-54)58-37-45(3)34-46(4)38-58/h9-37,39-42,58H,38H2,1-8H3/b15-13+,16-14+. The van der Waals surface area contributed by atoms with Crippen LogP contribution in [0.1, 0.15) is 104 Å². The fourth-order valence-corrected chi connectivity index (χ4v) is 11.7. The van der Waals surface area contributed by atoms with Gasteiger partial charge in [0.25, 0.3) is 0 Å². The van der Waals surface area contributed by atoms with Gasteiger partial charge < -0.3 is 9.80 Å². The van der Waals surface area contributed by atoms with E-state index in [2.05, 4.69) is 217 Å². The lowest BCUT2D eigenvalue weighted by Crippen LogP contribution is -2.31. The number of allylic oxidation sites excluding steroid dienone is 2. The lowest BCUT2D eigenvalue weighted by molar-refractivity contribution is 0.627. The first kappa shape index (κ1) is 46.6. The van der Waals surface area contributed by atoms with Crippen LogP contribution in [-0.4, -0.2) is 6.04 Å². The number of aryl methyl sites for hydroxylation is 2. The second-order valence-electron chi connectivity index (χ2n) is 21.3. The van der Waals surface area contributed by atoms with Gasteiger partial charge in [-0.3, -0.25) is 0 Å². The number of fused-ring (bicyclic) bond motifs is 6. The van der Waals surface area contributed by atoms with Gasteiger partial charge >= 0.3 is 0 Å². The molecule has 72 heavy (non-hydrogen) atoms. The molecule has 11 rings (SSSR count). The van der Waals surface area contributed by atoms with E-state index in [1.54, 1.807) is 12.1 Å². The van der Waals surface area contributed by atoms with Crippen LogP contribution in [0.15, 0.2) is 187 Å². The molecule has 0 aliphatic heterocycles. The molecule has 0 bridgehead atoms. The molecule has 1 unspecified atom stereocenters. The highest BCUT2D eigenvalue weighted by Crippen LogP contribution is 2.53. The first-order valence-corrected chi connectivity index (χ1v) is 25.2. The zero-order valence-corrected chi connectivity index (χ0v) is 42.5. The SMILES string of the molecule is CC1=CC(N(c2ccc(F)cc2)c2ccc3c(c2)C(C)(C)c2cc(/C=C/c4ccc(/C=C/c5ccc6c(c5)C(C)(C)c5cc(N(c7ccc(F)cc7)c7cc(C)cc(C)c7)ccc5-6)cc4)ccc2-3)CC(C)=C1. The Morgan fingerprint density at radius 2 is 0.819 bits per heavy atom. The quantitative estimate of drug-likeness (QED) is 0.126. The fourth-order valence-electron chi connectivity index (χ4n) is 11.7. The molecule has 0 saturated carbocycles. The zero-order valence-electron chi connectivity index (χ0n) is 42.5. The van der Waals surface area contributed by atoms with Crippen molar-refractivity contribution in [2.24, 2.45) is 0 Å². The summed E-state index contributed by atoms with van der Waals surface area (Å²) in [4.78, 5) is 4.61. The summed E-state index contributed by atoms with van der Waals surface area (Å²) in [7, 11) is 0. The minimum atomic E-state index is -0.247. The average Bonchev–Trinajstić information content (AvgIpc) is 3.71. The topological polar surface area (TPSA) is 6.48 Å².